The Morgan fingerprint density at radius 1 is 1.37 bits per heavy atom. The van der Waals surface area contributed by atoms with Crippen LogP contribution in [-0.4, -0.2) is 56.5 Å². The molecule has 0 aliphatic rings. The average molecular weight is 286 g/mol. The third kappa shape index (κ3) is 4.55. The Balaban J connectivity index is 2.75. The van der Waals surface area contributed by atoms with E-state index in [4.69, 9.17) is 5.11 Å². The Morgan fingerprint density at radius 2 is 2.05 bits per heavy atom. The first-order chi connectivity index (χ1) is 8.95. The summed E-state index contributed by atoms with van der Waals surface area (Å²) in [5.74, 6) is -0.185. The maximum Gasteiger partial charge on any atom is 0.313 e. The van der Waals surface area contributed by atoms with Gasteiger partial charge in [-0.3, -0.25) is 9.59 Å². The number of aliphatic carboxylic acids is 1. The van der Waals surface area contributed by atoms with Crippen LogP contribution in [0.2, 0.25) is 0 Å². The predicted molar refractivity (Wildman–Crippen MR) is 71.1 cm³/mol. The van der Waals surface area contributed by atoms with Crippen molar-refractivity contribution >= 4 is 23.6 Å². The number of hydrogen-bond donors (Lipinski definition) is 1. The largest absolute Gasteiger partial charge is 0.481 e. The third-order valence-electron chi connectivity index (χ3n) is 2.48. The van der Waals surface area contributed by atoms with Crippen molar-refractivity contribution in [3.63, 3.8) is 0 Å². The van der Waals surface area contributed by atoms with Crippen molar-refractivity contribution in [2.45, 2.75) is 31.5 Å². The van der Waals surface area contributed by atoms with Crippen LogP contribution in [0.3, 0.4) is 0 Å². The molecule has 0 unspecified atom stereocenters. The maximum atomic E-state index is 11.6. The van der Waals surface area contributed by atoms with E-state index in [0.29, 0.717) is 24.5 Å². The number of thioether (sulfide) groups is 1. The lowest BCUT2D eigenvalue weighted by molar-refractivity contribution is -0.134. The van der Waals surface area contributed by atoms with Crippen LogP contribution in [0.25, 0.3) is 0 Å². The van der Waals surface area contributed by atoms with Gasteiger partial charge < -0.3 is 14.6 Å². The van der Waals surface area contributed by atoms with Crippen LogP contribution in [0, 0.1) is 0 Å². The first kappa shape index (κ1) is 15.5. The summed E-state index contributed by atoms with van der Waals surface area (Å²) in [6.07, 6.45) is 1.04. The van der Waals surface area contributed by atoms with E-state index in [2.05, 4.69) is 10.2 Å². The van der Waals surface area contributed by atoms with Crippen LogP contribution in [-0.2, 0) is 22.6 Å². The lowest BCUT2D eigenvalue weighted by Gasteiger charge is -2.12. The van der Waals surface area contributed by atoms with Gasteiger partial charge in [-0.15, -0.1) is 10.2 Å². The monoisotopic (exact) mass is 286 g/mol. The third-order valence-corrected chi connectivity index (χ3v) is 3.43. The second-order valence-corrected chi connectivity index (χ2v) is 5.07. The molecular formula is C11H18N4O3S. The molecule has 0 aromatic carbocycles. The van der Waals surface area contributed by atoms with Gasteiger partial charge in [0.25, 0.3) is 0 Å². The van der Waals surface area contributed by atoms with Gasteiger partial charge >= 0.3 is 5.97 Å². The molecule has 0 saturated carbocycles. The van der Waals surface area contributed by atoms with Crippen LogP contribution in [0.4, 0.5) is 0 Å². The number of aromatic nitrogens is 3. The van der Waals surface area contributed by atoms with Gasteiger partial charge in [0.2, 0.25) is 5.91 Å². The minimum atomic E-state index is -0.901. The Hall–Kier alpha value is -1.57. The number of carbonyl (C=O) groups is 2. The number of rotatable bonds is 7. The highest BCUT2D eigenvalue weighted by atomic mass is 32.2. The molecule has 19 heavy (non-hydrogen) atoms. The fourth-order valence-corrected chi connectivity index (χ4v) is 2.17. The Labute approximate surface area is 116 Å². The van der Waals surface area contributed by atoms with Gasteiger partial charge in [-0.2, -0.15) is 0 Å². The van der Waals surface area contributed by atoms with Crippen molar-refractivity contribution < 1.29 is 14.7 Å². The minimum Gasteiger partial charge on any atom is -0.481 e. The zero-order chi connectivity index (χ0) is 14.4. The molecule has 0 spiro atoms. The summed E-state index contributed by atoms with van der Waals surface area (Å²) in [5.41, 5.74) is 0. The molecule has 106 valence electrons. The standard InChI is InChI=1S/C11H18N4O3S/c1-4-8-12-13-11(19-7-10(17)18)15(8)6-5-9(16)14(2)3/h4-7H2,1-3H3,(H,17,18). The van der Waals surface area contributed by atoms with Crippen molar-refractivity contribution in [3.8, 4) is 0 Å². The molecule has 1 rings (SSSR count). The Kier molecular flexibility index (Phi) is 5.81. The summed E-state index contributed by atoms with van der Waals surface area (Å²) in [4.78, 5) is 23.7. The predicted octanol–water partition coefficient (Wildman–Crippen LogP) is 0.496. The zero-order valence-electron chi connectivity index (χ0n) is 11.3. The SMILES string of the molecule is CCc1nnc(SCC(=O)O)n1CCC(=O)N(C)C. The normalized spacial score (nSPS) is 10.5. The number of carboxylic acids is 1. The summed E-state index contributed by atoms with van der Waals surface area (Å²) >= 11 is 1.12. The average Bonchev–Trinajstić information content (AvgIpc) is 2.75. The topological polar surface area (TPSA) is 88.3 Å². The second kappa shape index (κ2) is 7.13. The van der Waals surface area contributed by atoms with E-state index in [9.17, 15) is 9.59 Å². The van der Waals surface area contributed by atoms with Crippen molar-refractivity contribution in [2.24, 2.45) is 0 Å². The van der Waals surface area contributed by atoms with Crippen LogP contribution in [0.15, 0.2) is 5.16 Å². The van der Waals surface area contributed by atoms with Crippen LogP contribution in [0.5, 0.6) is 0 Å². The van der Waals surface area contributed by atoms with Crippen molar-refractivity contribution in [1.82, 2.24) is 19.7 Å². The molecule has 0 bridgehead atoms. The van der Waals surface area contributed by atoms with Gasteiger partial charge in [-0.1, -0.05) is 18.7 Å². The van der Waals surface area contributed by atoms with Crippen LogP contribution in [0.1, 0.15) is 19.2 Å². The van der Waals surface area contributed by atoms with E-state index >= 15 is 0 Å². The number of hydrogen-bond acceptors (Lipinski definition) is 5. The van der Waals surface area contributed by atoms with Gasteiger partial charge in [0, 0.05) is 33.5 Å². The molecular weight excluding hydrogens is 268 g/mol. The maximum absolute atomic E-state index is 11.6. The van der Waals surface area contributed by atoms with E-state index in [1.165, 1.54) is 4.90 Å². The van der Waals surface area contributed by atoms with Gasteiger partial charge in [0.05, 0.1) is 5.75 Å². The second-order valence-electron chi connectivity index (χ2n) is 4.12. The lowest BCUT2D eigenvalue weighted by Crippen LogP contribution is -2.23. The highest BCUT2D eigenvalue weighted by Crippen LogP contribution is 2.17. The van der Waals surface area contributed by atoms with E-state index < -0.39 is 5.97 Å². The molecule has 1 N–H and O–H groups in total. The van der Waals surface area contributed by atoms with E-state index in [0.717, 1.165) is 17.6 Å². The first-order valence-electron chi connectivity index (χ1n) is 5.92. The van der Waals surface area contributed by atoms with E-state index in [-0.39, 0.29) is 11.7 Å². The molecule has 1 aromatic rings. The highest BCUT2D eigenvalue weighted by molar-refractivity contribution is 7.99. The van der Waals surface area contributed by atoms with Crippen molar-refractivity contribution in [1.29, 1.82) is 0 Å². The molecule has 0 aliphatic carbocycles. The van der Waals surface area contributed by atoms with Crippen molar-refractivity contribution in [2.75, 3.05) is 19.8 Å². The van der Waals surface area contributed by atoms with Gasteiger partial charge in [0.1, 0.15) is 5.82 Å². The van der Waals surface area contributed by atoms with Gasteiger partial charge in [-0.25, -0.2) is 0 Å². The molecule has 7 nitrogen and oxygen atoms in total. The van der Waals surface area contributed by atoms with E-state index in [1.54, 1.807) is 14.1 Å². The number of aryl methyl sites for hydroxylation is 1. The summed E-state index contributed by atoms with van der Waals surface area (Å²) in [7, 11) is 3.41. The molecule has 1 aromatic heterocycles. The molecule has 1 amide bonds. The lowest BCUT2D eigenvalue weighted by atomic mass is 10.3. The number of carbonyl (C=O) groups excluding carboxylic acids is 1. The van der Waals surface area contributed by atoms with Crippen LogP contribution < -0.4 is 0 Å². The summed E-state index contributed by atoms with van der Waals surface area (Å²) in [6, 6.07) is 0. The smallest absolute Gasteiger partial charge is 0.313 e. The number of carboxylic acid groups (broad SMARTS) is 1. The minimum absolute atomic E-state index is 0.0185. The molecule has 0 radical (unpaired) electrons. The molecule has 0 atom stereocenters. The highest BCUT2D eigenvalue weighted by Gasteiger charge is 2.14. The summed E-state index contributed by atoms with van der Waals surface area (Å²) in [6.45, 7) is 2.41. The van der Waals surface area contributed by atoms with Crippen molar-refractivity contribution in [3.05, 3.63) is 5.82 Å². The van der Waals surface area contributed by atoms with Crippen LogP contribution >= 0.6 is 11.8 Å². The fraction of sp³-hybridized carbons (Fsp3) is 0.636. The molecule has 0 fully saturated rings. The van der Waals surface area contributed by atoms with Gasteiger partial charge in [0.15, 0.2) is 5.16 Å². The number of nitrogens with zero attached hydrogens (tertiary/aromatic N) is 4. The summed E-state index contributed by atoms with van der Waals surface area (Å²) in [5, 5.41) is 17.2. The summed E-state index contributed by atoms with van der Waals surface area (Å²) < 4.78 is 1.81. The molecule has 8 heteroatoms. The molecule has 1 heterocycles. The zero-order valence-corrected chi connectivity index (χ0v) is 12.1. The molecule has 0 aliphatic heterocycles. The fourth-order valence-electron chi connectivity index (χ4n) is 1.47. The Morgan fingerprint density at radius 3 is 2.58 bits per heavy atom. The first-order valence-corrected chi connectivity index (χ1v) is 6.91. The quantitative estimate of drug-likeness (QED) is 0.734. The van der Waals surface area contributed by atoms with E-state index in [1.807, 2.05) is 11.5 Å². The van der Waals surface area contributed by atoms with Gasteiger partial charge in [-0.05, 0) is 0 Å². The number of amides is 1. The molecule has 0 saturated heterocycles. The Bertz CT molecular complexity index is 459.